The normalized spacial score (nSPS) is 11.2. The van der Waals surface area contributed by atoms with Gasteiger partial charge in [-0.25, -0.2) is 0 Å². The summed E-state index contributed by atoms with van der Waals surface area (Å²) in [5, 5.41) is 14.2. The average Bonchev–Trinajstić information content (AvgIpc) is 2.76. The molecule has 0 heterocycles. The van der Waals surface area contributed by atoms with Gasteiger partial charge in [0.1, 0.15) is 5.75 Å². The summed E-state index contributed by atoms with van der Waals surface area (Å²) in [7, 11) is -1.85. The third-order valence-electron chi connectivity index (χ3n) is 5.29. The third-order valence-corrected chi connectivity index (χ3v) is 7.19. The van der Waals surface area contributed by atoms with Gasteiger partial charge < -0.3 is 5.11 Å². The van der Waals surface area contributed by atoms with Gasteiger partial charge >= 0.3 is 0 Å². The van der Waals surface area contributed by atoms with Crippen LogP contribution in [0.15, 0.2) is 103 Å². The van der Waals surface area contributed by atoms with E-state index in [1.54, 1.807) is 0 Å². The van der Waals surface area contributed by atoms with Crippen LogP contribution in [0, 0.1) is 0 Å². The van der Waals surface area contributed by atoms with Crippen molar-refractivity contribution >= 4 is 29.6 Å². The van der Waals surface area contributed by atoms with E-state index in [9.17, 15) is 5.11 Å². The van der Waals surface area contributed by atoms with E-state index in [1.807, 2.05) is 42.5 Å². The van der Waals surface area contributed by atoms with Crippen LogP contribution in [0.25, 0.3) is 21.5 Å². The van der Waals surface area contributed by atoms with Crippen molar-refractivity contribution in [1.82, 2.24) is 0 Å². The Morgan fingerprint density at radius 3 is 1.77 bits per heavy atom. The summed E-state index contributed by atoms with van der Waals surface area (Å²) in [6, 6.07) is 32.9. The summed E-state index contributed by atoms with van der Waals surface area (Å²) in [5.74, 6) is 0.346. The largest absolute Gasteiger partial charge is 0.507 e. The second kappa shape index (κ2) is 8.20. The summed E-state index contributed by atoms with van der Waals surface area (Å²) in [6.07, 6.45) is 0. The molecule has 0 amide bonds. The van der Waals surface area contributed by atoms with Crippen LogP contribution in [-0.4, -0.2) is 13.2 Å². The van der Waals surface area contributed by atoms with E-state index in [-0.39, 0.29) is 0 Å². The Kier molecular flexibility index (Phi) is 5.46. The van der Waals surface area contributed by atoms with Gasteiger partial charge in [0.15, 0.2) is 0 Å². The minimum absolute atomic E-state index is 0.346. The molecule has 2 heteroatoms. The van der Waals surface area contributed by atoms with Crippen LogP contribution >= 0.6 is 0 Å². The number of hydrogen-bond acceptors (Lipinski definition) is 1. The predicted octanol–water partition coefficient (Wildman–Crippen LogP) is 7.54. The zero-order valence-corrected chi connectivity index (χ0v) is 18.7. The van der Waals surface area contributed by atoms with Gasteiger partial charge in [-0.3, -0.25) is 0 Å². The van der Waals surface area contributed by atoms with Crippen LogP contribution in [0.4, 0.5) is 0 Å². The lowest BCUT2D eigenvalue weighted by molar-refractivity contribution is 0.480. The smallest absolute Gasteiger partial charge is 0.131 e. The number of phenols is 1. The van der Waals surface area contributed by atoms with Crippen molar-refractivity contribution in [3.05, 3.63) is 119 Å². The third kappa shape index (κ3) is 4.02. The first-order valence-electron chi connectivity index (χ1n) is 10.3. The van der Waals surface area contributed by atoms with Crippen molar-refractivity contribution in [3.63, 3.8) is 0 Å². The number of fused-ring (bicyclic) bond motifs is 1. The molecule has 0 unspecified atom stereocenters. The highest BCUT2D eigenvalue weighted by Gasteiger charge is 2.25. The van der Waals surface area contributed by atoms with Gasteiger partial charge in [0.25, 0.3) is 0 Å². The zero-order valence-electron chi connectivity index (χ0n) is 17.7. The Balaban J connectivity index is 2.08. The highest BCUT2D eigenvalue weighted by molar-refractivity contribution is 6.93. The molecule has 4 rings (SSSR count). The first-order valence-corrected chi connectivity index (χ1v) is 13.8. The van der Waals surface area contributed by atoms with Crippen LogP contribution < -0.4 is 0 Å². The van der Waals surface area contributed by atoms with E-state index in [0.717, 1.165) is 38.2 Å². The second-order valence-electron chi connectivity index (χ2n) is 8.54. The number of rotatable bonds is 4. The molecule has 0 atom stereocenters. The Labute approximate surface area is 179 Å². The van der Waals surface area contributed by atoms with E-state index in [1.165, 1.54) is 0 Å². The molecule has 4 aromatic rings. The molecule has 1 N–H and O–H groups in total. The van der Waals surface area contributed by atoms with E-state index >= 15 is 0 Å². The van der Waals surface area contributed by atoms with E-state index < -0.39 is 8.07 Å². The molecular weight excluding hydrogens is 380 g/mol. The predicted molar refractivity (Wildman–Crippen MR) is 131 cm³/mol. The molecule has 0 aliphatic heterocycles. The Bertz CT molecular complexity index is 1200. The lowest BCUT2D eigenvalue weighted by Crippen LogP contribution is -2.22. The molecule has 0 radical (unpaired) electrons. The second-order valence-corrected chi connectivity index (χ2v) is 13.5. The van der Waals surface area contributed by atoms with Crippen molar-refractivity contribution in [2.75, 3.05) is 0 Å². The van der Waals surface area contributed by atoms with Gasteiger partial charge in [-0.05, 0) is 21.7 Å². The first-order chi connectivity index (χ1) is 14.4. The molecule has 0 bridgehead atoms. The number of phenolic OH excluding ortho intramolecular Hbond substituents is 1. The lowest BCUT2D eigenvalue weighted by Gasteiger charge is -2.21. The van der Waals surface area contributed by atoms with Gasteiger partial charge in [0.2, 0.25) is 0 Å². The standard InChI is InChI=1S/C28H26OSi/c1-30(2,3)27(25-19-18-23-16-10-11-17-24(23)28(25)29)20-26(21-12-6-4-7-13-21)22-14-8-5-9-15-22/h4-19,29H,1-3H3. The van der Waals surface area contributed by atoms with Crippen molar-refractivity contribution in [2.45, 2.75) is 19.6 Å². The van der Waals surface area contributed by atoms with Crippen LogP contribution in [0.3, 0.4) is 0 Å². The zero-order chi connectivity index (χ0) is 21.1. The van der Waals surface area contributed by atoms with Crippen molar-refractivity contribution < 1.29 is 5.11 Å². The molecule has 0 saturated heterocycles. The van der Waals surface area contributed by atoms with E-state index in [4.69, 9.17) is 0 Å². The van der Waals surface area contributed by atoms with Crippen molar-refractivity contribution in [3.8, 4) is 5.75 Å². The van der Waals surface area contributed by atoms with Gasteiger partial charge in [-0.2, -0.15) is 0 Å². The molecule has 0 aromatic heterocycles. The van der Waals surface area contributed by atoms with Gasteiger partial charge in [-0.1, -0.05) is 117 Å². The highest BCUT2D eigenvalue weighted by Crippen LogP contribution is 2.37. The van der Waals surface area contributed by atoms with Crippen LogP contribution in [0.2, 0.25) is 19.6 Å². The molecule has 0 fully saturated rings. The average molecular weight is 407 g/mol. The molecule has 4 aromatic carbocycles. The quantitative estimate of drug-likeness (QED) is 0.274. The minimum Gasteiger partial charge on any atom is -0.507 e. The maximum Gasteiger partial charge on any atom is 0.131 e. The Morgan fingerprint density at radius 2 is 1.20 bits per heavy atom. The minimum atomic E-state index is -1.85. The molecular formula is C28H26OSi. The van der Waals surface area contributed by atoms with Gasteiger partial charge in [-0.15, -0.1) is 5.73 Å². The van der Waals surface area contributed by atoms with Crippen LogP contribution in [0.1, 0.15) is 16.7 Å². The molecule has 0 aliphatic carbocycles. The lowest BCUT2D eigenvalue weighted by atomic mass is 9.98. The monoisotopic (exact) mass is 406 g/mol. The SMILES string of the molecule is C[Si](C)(C)C(=C=C(c1ccccc1)c1ccccc1)c1ccc2ccccc2c1O. The Morgan fingerprint density at radius 1 is 0.667 bits per heavy atom. The fourth-order valence-corrected chi connectivity index (χ4v) is 5.27. The summed E-state index contributed by atoms with van der Waals surface area (Å²) in [6.45, 7) is 6.91. The molecule has 148 valence electrons. The maximum absolute atomic E-state index is 11.2. The number of benzene rings is 4. The van der Waals surface area contributed by atoms with E-state index in [0.29, 0.717) is 5.75 Å². The number of hydrogen-bond donors (Lipinski definition) is 1. The molecule has 0 spiro atoms. The fourth-order valence-electron chi connectivity index (χ4n) is 3.76. The highest BCUT2D eigenvalue weighted by atomic mass is 28.3. The number of aromatic hydroxyl groups is 1. The molecule has 0 aliphatic rings. The summed E-state index contributed by atoms with van der Waals surface area (Å²) >= 11 is 0. The fraction of sp³-hybridized carbons (Fsp3) is 0.107. The van der Waals surface area contributed by atoms with Crippen LogP contribution in [0.5, 0.6) is 5.75 Å². The van der Waals surface area contributed by atoms with Crippen molar-refractivity contribution in [2.24, 2.45) is 0 Å². The molecule has 0 saturated carbocycles. The molecule has 30 heavy (non-hydrogen) atoms. The van der Waals surface area contributed by atoms with Crippen molar-refractivity contribution in [1.29, 1.82) is 0 Å². The molecule has 1 nitrogen and oxygen atoms in total. The summed E-state index contributed by atoms with van der Waals surface area (Å²) in [4.78, 5) is 0. The topological polar surface area (TPSA) is 20.2 Å². The van der Waals surface area contributed by atoms with E-state index in [2.05, 4.69) is 80.0 Å². The van der Waals surface area contributed by atoms with Gasteiger partial charge in [0, 0.05) is 16.5 Å². The van der Waals surface area contributed by atoms with Crippen LogP contribution in [-0.2, 0) is 0 Å². The first kappa shape index (κ1) is 20.0. The summed E-state index contributed by atoms with van der Waals surface area (Å²) < 4.78 is 0. The maximum atomic E-state index is 11.2. The summed E-state index contributed by atoms with van der Waals surface area (Å²) in [5.41, 5.74) is 7.98. The Hall–Kier alpha value is -3.32. The van der Waals surface area contributed by atoms with Gasteiger partial charge in [0.05, 0.1) is 8.07 Å².